The number of fused-ring (bicyclic) bond motifs is 1. The van der Waals surface area contributed by atoms with Crippen LogP contribution < -0.4 is 4.90 Å². The lowest BCUT2D eigenvalue weighted by atomic mass is 10.1. The predicted octanol–water partition coefficient (Wildman–Crippen LogP) is 1.96. The van der Waals surface area contributed by atoms with Crippen LogP contribution in [0, 0.1) is 0 Å². The van der Waals surface area contributed by atoms with Gasteiger partial charge in [-0.1, -0.05) is 28.1 Å². The minimum atomic E-state index is 0.648. The Bertz CT molecular complexity index is 708. The molecule has 20 heavy (non-hydrogen) atoms. The first kappa shape index (κ1) is 13.0. The summed E-state index contributed by atoms with van der Waals surface area (Å²) in [5.74, 6) is 0.849. The standard InChI is InChI=1S/C13H13BrN6/c1-19(9-8-10-2-4-11(14)5-3-10)13-7-6-12-15-17-18-20(12)16-13/h2-7H,8-9H2,1H3. The van der Waals surface area contributed by atoms with E-state index in [1.54, 1.807) is 0 Å². The molecule has 2 aromatic heterocycles. The monoisotopic (exact) mass is 332 g/mol. The molecule has 0 saturated heterocycles. The van der Waals surface area contributed by atoms with Gasteiger partial charge in [0.1, 0.15) is 0 Å². The first-order chi connectivity index (χ1) is 9.72. The maximum absolute atomic E-state index is 4.36. The number of aromatic nitrogens is 5. The van der Waals surface area contributed by atoms with Crippen LogP contribution >= 0.6 is 15.9 Å². The lowest BCUT2D eigenvalue weighted by Gasteiger charge is -2.17. The van der Waals surface area contributed by atoms with Crippen LogP contribution in [-0.2, 0) is 6.42 Å². The summed E-state index contributed by atoms with van der Waals surface area (Å²) in [5.41, 5.74) is 1.94. The molecule has 0 bridgehead atoms. The fourth-order valence-electron chi connectivity index (χ4n) is 1.91. The van der Waals surface area contributed by atoms with Crippen LogP contribution in [0.1, 0.15) is 5.56 Å². The maximum Gasteiger partial charge on any atom is 0.200 e. The average Bonchev–Trinajstić information content (AvgIpc) is 2.93. The van der Waals surface area contributed by atoms with Crippen molar-refractivity contribution < 1.29 is 0 Å². The van der Waals surface area contributed by atoms with Crippen LogP contribution in [0.3, 0.4) is 0 Å². The third-order valence-corrected chi connectivity index (χ3v) is 3.62. The zero-order valence-corrected chi connectivity index (χ0v) is 12.5. The Labute approximate surface area is 124 Å². The molecule has 2 heterocycles. The Morgan fingerprint density at radius 2 is 1.95 bits per heavy atom. The number of likely N-dealkylation sites (N-methyl/N-ethyl adjacent to an activating group) is 1. The summed E-state index contributed by atoms with van der Waals surface area (Å²) in [6.45, 7) is 0.877. The molecule has 0 aliphatic heterocycles. The number of hydrogen-bond acceptors (Lipinski definition) is 5. The van der Waals surface area contributed by atoms with E-state index in [1.165, 1.54) is 10.2 Å². The number of halogens is 1. The van der Waals surface area contributed by atoms with Gasteiger partial charge in [0.15, 0.2) is 11.5 Å². The number of rotatable bonds is 4. The van der Waals surface area contributed by atoms with Gasteiger partial charge in [0.2, 0.25) is 0 Å². The van der Waals surface area contributed by atoms with E-state index in [9.17, 15) is 0 Å². The fraction of sp³-hybridized carbons (Fsp3) is 0.231. The largest absolute Gasteiger partial charge is 0.358 e. The minimum absolute atomic E-state index is 0.648. The van der Waals surface area contributed by atoms with Gasteiger partial charge in [-0.15, -0.1) is 14.8 Å². The van der Waals surface area contributed by atoms with E-state index in [1.807, 2.05) is 19.2 Å². The summed E-state index contributed by atoms with van der Waals surface area (Å²) in [5, 5.41) is 15.6. The van der Waals surface area contributed by atoms with Crippen molar-refractivity contribution in [2.45, 2.75) is 6.42 Å². The molecule has 0 radical (unpaired) electrons. The van der Waals surface area contributed by atoms with Gasteiger partial charge in [0, 0.05) is 18.1 Å². The highest BCUT2D eigenvalue weighted by Crippen LogP contribution is 2.13. The average molecular weight is 333 g/mol. The van der Waals surface area contributed by atoms with Crippen molar-refractivity contribution in [2.75, 3.05) is 18.5 Å². The number of tetrazole rings is 1. The molecule has 0 saturated carbocycles. The first-order valence-electron chi connectivity index (χ1n) is 6.23. The molecular formula is C13H13BrN6. The van der Waals surface area contributed by atoms with E-state index < -0.39 is 0 Å². The molecule has 1 aromatic carbocycles. The first-order valence-corrected chi connectivity index (χ1v) is 7.03. The molecular weight excluding hydrogens is 320 g/mol. The summed E-state index contributed by atoms with van der Waals surface area (Å²) in [6, 6.07) is 12.1. The van der Waals surface area contributed by atoms with Gasteiger partial charge in [-0.25, -0.2) is 0 Å². The molecule has 3 aromatic rings. The van der Waals surface area contributed by atoms with E-state index in [0.717, 1.165) is 23.3 Å². The highest BCUT2D eigenvalue weighted by Gasteiger charge is 2.06. The summed E-state index contributed by atoms with van der Waals surface area (Å²) < 4.78 is 2.53. The van der Waals surface area contributed by atoms with Crippen molar-refractivity contribution in [1.29, 1.82) is 0 Å². The molecule has 0 spiro atoms. The van der Waals surface area contributed by atoms with E-state index in [4.69, 9.17) is 0 Å². The van der Waals surface area contributed by atoms with Crippen LogP contribution in [-0.4, -0.2) is 38.8 Å². The topological polar surface area (TPSA) is 59.2 Å². The van der Waals surface area contributed by atoms with Gasteiger partial charge in [-0.2, -0.15) is 0 Å². The summed E-state index contributed by atoms with van der Waals surface area (Å²) in [4.78, 5) is 2.09. The highest BCUT2D eigenvalue weighted by molar-refractivity contribution is 9.10. The van der Waals surface area contributed by atoms with Crippen LogP contribution in [0.25, 0.3) is 5.65 Å². The van der Waals surface area contributed by atoms with Crippen molar-refractivity contribution in [3.63, 3.8) is 0 Å². The maximum atomic E-state index is 4.36. The molecule has 7 heteroatoms. The van der Waals surface area contributed by atoms with E-state index >= 15 is 0 Å². The minimum Gasteiger partial charge on any atom is -0.358 e. The van der Waals surface area contributed by atoms with Crippen molar-refractivity contribution >= 4 is 27.4 Å². The van der Waals surface area contributed by atoms with Gasteiger partial charge < -0.3 is 4.90 Å². The molecule has 0 aliphatic rings. The zero-order valence-electron chi connectivity index (χ0n) is 10.9. The smallest absolute Gasteiger partial charge is 0.200 e. The Morgan fingerprint density at radius 1 is 1.15 bits per heavy atom. The van der Waals surface area contributed by atoms with E-state index in [2.05, 4.69) is 65.7 Å². The molecule has 0 atom stereocenters. The molecule has 0 N–H and O–H groups in total. The number of anilines is 1. The number of hydrogen-bond donors (Lipinski definition) is 0. The van der Waals surface area contributed by atoms with Gasteiger partial charge in [-0.05, 0) is 46.7 Å². The molecule has 0 fully saturated rings. The summed E-state index contributed by atoms with van der Waals surface area (Å²) in [6.07, 6.45) is 0.957. The van der Waals surface area contributed by atoms with Gasteiger partial charge in [0.25, 0.3) is 0 Å². The SMILES string of the molecule is CN(CCc1ccc(Br)cc1)c1ccc2nnnn2n1. The van der Waals surface area contributed by atoms with Gasteiger partial charge in [-0.3, -0.25) is 0 Å². The van der Waals surface area contributed by atoms with Crippen LogP contribution in [0.5, 0.6) is 0 Å². The Hall–Kier alpha value is -2.02. The number of nitrogens with zero attached hydrogens (tertiary/aromatic N) is 6. The normalized spacial score (nSPS) is 10.9. The molecule has 0 amide bonds. The van der Waals surface area contributed by atoms with Gasteiger partial charge >= 0.3 is 0 Å². The zero-order chi connectivity index (χ0) is 13.9. The Kier molecular flexibility index (Phi) is 3.60. The van der Waals surface area contributed by atoms with Gasteiger partial charge in [0.05, 0.1) is 0 Å². The summed E-state index contributed by atoms with van der Waals surface area (Å²) in [7, 11) is 2.01. The molecule has 0 aliphatic carbocycles. The quantitative estimate of drug-likeness (QED) is 0.730. The second-order valence-electron chi connectivity index (χ2n) is 4.52. The van der Waals surface area contributed by atoms with Crippen molar-refractivity contribution in [3.05, 3.63) is 46.4 Å². The molecule has 102 valence electrons. The van der Waals surface area contributed by atoms with Crippen molar-refractivity contribution in [1.82, 2.24) is 25.3 Å². The predicted molar refractivity (Wildman–Crippen MR) is 79.7 cm³/mol. The van der Waals surface area contributed by atoms with E-state index in [-0.39, 0.29) is 0 Å². The van der Waals surface area contributed by atoms with Crippen molar-refractivity contribution in [2.24, 2.45) is 0 Å². The van der Waals surface area contributed by atoms with Crippen LogP contribution in [0.2, 0.25) is 0 Å². The van der Waals surface area contributed by atoms with Crippen molar-refractivity contribution in [3.8, 4) is 0 Å². The number of benzene rings is 1. The summed E-state index contributed by atoms with van der Waals surface area (Å²) >= 11 is 3.44. The Morgan fingerprint density at radius 3 is 2.75 bits per heavy atom. The fourth-order valence-corrected chi connectivity index (χ4v) is 2.17. The second kappa shape index (κ2) is 5.54. The van der Waals surface area contributed by atoms with E-state index in [0.29, 0.717) is 5.65 Å². The second-order valence-corrected chi connectivity index (χ2v) is 5.43. The van der Waals surface area contributed by atoms with Crippen LogP contribution in [0.15, 0.2) is 40.9 Å². The third kappa shape index (κ3) is 2.77. The molecule has 3 rings (SSSR count). The molecule has 6 nitrogen and oxygen atoms in total. The van der Waals surface area contributed by atoms with Crippen LogP contribution in [0.4, 0.5) is 5.82 Å². The Balaban J connectivity index is 1.69. The lowest BCUT2D eigenvalue weighted by Crippen LogP contribution is -2.22. The molecule has 0 unspecified atom stereocenters. The lowest BCUT2D eigenvalue weighted by molar-refractivity contribution is 0.719. The third-order valence-electron chi connectivity index (χ3n) is 3.10. The highest BCUT2D eigenvalue weighted by atomic mass is 79.9.